The highest BCUT2D eigenvalue weighted by molar-refractivity contribution is 6.00. The lowest BCUT2D eigenvalue weighted by molar-refractivity contribution is -0.139. The Balaban J connectivity index is 4.10. The minimum atomic E-state index is -0.742. The second kappa shape index (κ2) is 8.45. The van der Waals surface area contributed by atoms with Gasteiger partial charge in [0.05, 0.1) is 5.92 Å². The van der Waals surface area contributed by atoms with Crippen molar-refractivity contribution in [3.05, 3.63) is 0 Å². The van der Waals surface area contributed by atoms with E-state index < -0.39 is 5.97 Å². The maximum atomic E-state index is 10.9. The van der Waals surface area contributed by atoms with Crippen molar-refractivity contribution in [2.45, 2.75) is 52.9 Å². The molecule has 0 aromatic rings. The van der Waals surface area contributed by atoms with Crippen LogP contribution in [-0.2, 0) is 4.79 Å². The van der Waals surface area contributed by atoms with Crippen molar-refractivity contribution < 1.29 is 9.90 Å². The molecule has 0 fully saturated rings. The van der Waals surface area contributed by atoms with Crippen LogP contribution in [0.15, 0.2) is 4.99 Å². The zero-order valence-corrected chi connectivity index (χ0v) is 10.1. The molecule has 0 aliphatic heterocycles. The highest BCUT2D eigenvalue weighted by Gasteiger charge is 2.18. The third kappa shape index (κ3) is 6.26. The molecule has 0 spiro atoms. The Bertz CT molecular complexity index is 212. The van der Waals surface area contributed by atoms with Gasteiger partial charge >= 0.3 is 5.97 Å². The van der Waals surface area contributed by atoms with Gasteiger partial charge in [-0.25, -0.2) is 0 Å². The first kappa shape index (κ1) is 14.1. The smallest absolute Gasteiger partial charge is 0.312 e. The second-order valence-corrected chi connectivity index (χ2v) is 3.91. The molecular weight excluding hydrogens is 190 g/mol. The topological polar surface area (TPSA) is 49.7 Å². The molecule has 1 unspecified atom stereocenters. The summed E-state index contributed by atoms with van der Waals surface area (Å²) in [6, 6.07) is 0. The van der Waals surface area contributed by atoms with Crippen LogP contribution in [0.5, 0.6) is 0 Å². The molecule has 0 aliphatic carbocycles. The summed E-state index contributed by atoms with van der Waals surface area (Å²) in [4.78, 5) is 15.3. The highest BCUT2D eigenvalue weighted by atomic mass is 16.4. The molecule has 1 N–H and O–H groups in total. The van der Waals surface area contributed by atoms with Crippen LogP contribution in [0.3, 0.4) is 0 Å². The summed E-state index contributed by atoms with van der Waals surface area (Å²) in [6.07, 6.45) is 4.98. The molecule has 0 amide bonds. The second-order valence-electron chi connectivity index (χ2n) is 3.91. The molecule has 1 atom stereocenters. The largest absolute Gasteiger partial charge is 0.481 e. The maximum absolute atomic E-state index is 10.9. The molecule has 88 valence electrons. The Kier molecular flexibility index (Phi) is 7.96. The summed E-state index contributed by atoms with van der Waals surface area (Å²) in [5.41, 5.74) is 0.778. The van der Waals surface area contributed by atoms with Gasteiger partial charge in [-0.05, 0) is 19.8 Å². The van der Waals surface area contributed by atoms with Crippen LogP contribution in [0.25, 0.3) is 0 Å². The number of carbonyl (C=O) groups is 1. The summed E-state index contributed by atoms with van der Waals surface area (Å²) in [5.74, 6) is -1.12. The summed E-state index contributed by atoms with van der Waals surface area (Å²) >= 11 is 0. The average Bonchev–Trinajstić information content (AvgIpc) is 2.20. The van der Waals surface area contributed by atoms with Crippen molar-refractivity contribution in [1.29, 1.82) is 0 Å². The lowest BCUT2D eigenvalue weighted by Crippen LogP contribution is -2.21. The average molecular weight is 213 g/mol. The van der Waals surface area contributed by atoms with Gasteiger partial charge in [0.15, 0.2) is 0 Å². The molecule has 0 saturated heterocycles. The summed E-state index contributed by atoms with van der Waals surface area (Å²) < 4.78 is 0. The van der Waals surface area contributed by atoms with Crippen LogP contribution in [-0.4, -0.2) is 23.3 Å². The number of rotatable bonds is 8. The molecule has 0 radical (unpaired) electrons. The van der Waals surface area contributed by atoms with Crippen molar-refractivity contribution in [3.63, 3.8) is 0 Å². The quantitative estimate of drug-likeness (QED) is 0.497. The van der Waals surface area contributed by atoms with Crippen molar-refractivity contribution >= 4 is 11.7 Å². The Morgan fingerprint density at radius 1 is 1.27 bits per heavy atom. The predicted molar refractivity (Wildman–Crippen MR) is 63.5 cm³/mol. The van der Waals surface area contributed by atoms with Crippen LogP contribution >= 0.6 is 0 Å². The van der Waals surface area contributed by atoms with E-state index in [4.69, 9.17) is 5.11 Å². The molecule has 0 saturated carbocycles. The van der Waals surface area contributed by atoms with Gasteiger partial charge in [-0.15, -0.1) is 0 Å². The molecule has 0 aromatic heterocycles. The Morgan fingerprint density at radius 2 is 1.93 bits per heavy atom. The fraction of sp³-hybridized carbons (Fsp3) is 0.833. The van der Waals surface area contributed by atoms with Crippen LogP contribution in [0.1, 0.15) is 52.9 Å². The standard InChI is InChI=1S/C12H23NO2/c1-4-6-7-9-13-10(3)11(8-5-2)12(14)15/h11H,4-9H2,1-3H3,(H,14,15)/b13-10-. The minimum absolute atomic E-state index is 0.378. The van der Waals surface area contributed by atoms with Crippen molar-refractivity contribution in [2.75, 3.05) is 6.54 Å². The van der Waals surface area contributed by atoms with Gasteiger partial charge in [-0.2, -0.15) is 0 Å². The number of hydrogen-bond donors (Lipinski definition) is 1. The number of aliphatic carboxylic acids is 1. The molecule has 0 aromatic carbocycles. The minimum Gasteiger partial charge on any atom is -0.481 e. The van der Waals surface area contributed by atoms with E-state index in [0.717, 1.165) is 25.1 Å². The summed E-state index contributed by atoms with van der Waals surface area (Å²) in [6.45, 7) is 6.75. The van der Waals surface area contributed by atoms with E-state index >= 15 is 0 Å². The van der Waals surface area contributed by atoms with Gasteiger partial charge in [0.25, 0.3) is 0 Å². The number of aliphatic imine (C=N–C) groups is 1. The summed E-state index contributed by atoms with van der Waals surface area (Å²) in [7, 11) is 0. The molecule has 3 heteroatoms. The van der Waals surface area contributed by atoms with Crippen LogP contribution in [0.4, 0.5) is 0 Å². The Hall–Kier alpha value is -0.860. The van der Waals surface area contributed by atoms with Gasteiger partial charge < -0.3 is 5.11 Å². The third-order valence-electron chi connectivity index (χ3n) is 2.50. The number of unbranched alkanes of at least 4 members (excludes halogenated alkanes) is 2. The molecule has 0 bridgehead atoms. The Labute approximate surface area is 92.6 Å². The van der Waals surface area contributed by atoms with E-state index in [9.17, 15) is 4.79 Å². The van der Waals surface area contributed by atoms with E-state index in [0.29, 0.717) is 6.42 Å². The lowest BCUT2D eigenvalue weighted by Gasteiger charge is -2.10. The molecular formula is C12H23NO2. The van der Waals surface area contributed by atoms with Crippen LogP contribution < -0.4 is 0 Å². The molecule has 0 heterocycles. The van der Waals surface area contributed by atoms with E-state index in [-0.39, 0.29) is 5.92 Å². The van der Waals surface area contributed by atoms with E-state index in [2.05, 4.69) is 11.9 Å². The van der Waals surface area contributed by atoms with E-state index in [1.54, 1.807) is 0 Å². The maximum Gasteiger partial charge on any atom is 0.312 e. The number of hydrogen-bond acceptors (Lipinski definition) is 2. The first-order chi connectivity index (χ1) is 7.13. The van der Waals surface area contributed by atoms with Crippen molar-refractivity contribution in [3.8, 4) is 0 Å². The Morgan fingerprint density at radius 3 is 2.40 bits per heavy atom. The van der Waals surface area contributed by atoms with Gasteiger partial charge in [0, 0.05) is 12.3 Å². The summed E-state index contributed by atoms with van der Waals surface area (Å²) in [5, 5.41) is 9.00. The fourth-order valence-electron chi connectivity index (χ4n) is 1.53. The van der Waals surface area contributed by atoms with Gasteiger partial charge in [0.2, 0.25) is 0 Å². The fourth-order valence-corrected chi connectivity index (χ4v) is 1.53. The van der Waals surface area contributed by atoms with Gasteiger partial charge in [-0.1, -0.05) is 33.1 Å². The van der Waals surface area contributed by atoms with Crippen LogP contribution in [0.2, 0.25) is 0 Å². The van der Waals surface area contributed by atoms with Crippen molar-refractivity contribution in [1.82, 2.24) is 0 Å². The molecule has 0 aliphatic rings. The SMILES string of the molecule is CCCCC/N=C(/C)C(CCC)C(=O)O. The number of carboxylic acids is 1. The molecule has 0 rings (SSSR count). The van der Waals surface area contributed by atoms with E-state index in [1.165, 1.54) is 12.8 Å². The monoisotopic (exact) mass is 213 g/mol. The first-order valence-electron chi connectivity index (χ1n) is 5.87. The van der Waals surface area contributed by atoms with Crippen LogP contribution in [0, 0.1) is 5.92 Å². The highest BCUT2D eigenvalue weighted by Crippen LogP contribution is 2.09. The first-order valence-corrected chi connectivity index (χ1v) is 5.87. The lowest BCUT2D eigenvalue weighted by atomic mass is 9.99. The predicted octanol–water partition coefficient (Wildman–Crippen LogP) is 3.14. The number of nitrogens with zero attached hydrogens (tertiary/aromatic N) is 1. The van der Waals surface area contributed by atoms with E-state index in [1.807, 2.05) is 13.8 Å². The van der Waals surface area contributed by atoms with Gasteiger partial charge in [0.1, 0.15) is 0 Å². The van der Waals surface area contributed by atoms with Crippen molar-refractivity contribution in [2.24, 2.45) is 10.9 Å². The zero-order chi connectivity index (χ0) is 11.7. The normalized spacial score (nSPS) is 13.9. The van der Waals surface area contributed by atoms with Gasteiger partial charge in [-0.3, -0.25) is 9.79 Å². The molecule has 15 heavy (non-hydrogen) atoms. The zero-order valence-electron chi connectivity index (χ0n) is 10.1. The molecule has 3 nitrogen and oxygen atoms in total. The number of carboxylic acid groups (broad SMARTS) is 1. The third-order valence-corrected chi connectivity index (χ3v) is 2.50.